The minimum atomic E-state index is -0.426. The third kappa shape index (κ3) is 4.91. The summed E-state index contributed by atoms with van der Waals surface area (Å²) in [7, 11) is 0. The van der Waals surface area contributed by atoms with Gasteiger partial charge in [-0.05, 0) is 6.07 Å². The van der Waals surface area contributed by atoms with E-state index in [2.05, 4.69) is 20.2 Å². The first-order valence-corrected chi connectivity index (χ1v) is 7.96. The van der Waals surface area contributed by atoms with Crippen LogP contribution in [-0.2, 0) is 9.59 Å². The summed E-state index contributed by atoms with van der Waals surface area (Å²) in [4.78, 5) is 36.3. The predicted molar refractivity (Wildman–Crippen MR) is 87.9 cm³/mol. The number of amides is 2. The molecule has 0 atom stereocenters. The number of carbonyl (C=O) groups excluding carboxylic acids is 2. The maximum absolute atomic E-state index is 12.2. The molecule has 1 aliphatic rings. The van der Waals surface area contributed by atoms with Crippen LogP contribution in [-0.4, -0.2) is 59.4 Å². The van der Waals surface area contributed by atoms with Crippen LogP contribution >= 0.6 is 0 Å². The zero-order chi connectivity index (χ0) is 16.9. The molecule has 0 saturated carbocycles. The number of rotatable bonds is 4. The summed E-state index contributed by atoms with van der Waals surface area (Å²) in [6.45, 7) is 8.72. The average Bonchev–Trinajstić information content (AvgIpc) is 2.54. The highest BCUT2D eigenvalue weighted by atomic mass is 16.2. The fraction of sp³-hybridized carbons (Fsp3) is 0.625. The Labute approximate surface area is 137 Å². The van der Waals surface area contributed by atoms with Gasteiger partial charge in [-0.2, -0.15) is 0 Å². The number of carbonyl (C=O) groups is 2. The predicted octanol–water partition coefficient (Wildman–Crippen LogP) is 0.678. The third-order valence-electron chi connectivity index (χ3n) is 3.77. The molecule has 0 unspecified atom stereocenters. The molecule has 0 aromatic carbocycles. The van der Waals surface area contributed by atoms with Gasteiger partial charge in [0.2, 0.25) is 17.8 Å². The zero-order valence-corrected chi connectivity index (χ0v) is 14.1. The van der Waals surface area contributed by atoms with E-state index >= 15 is 0 Å². The van der Waals surface area contributed by atoms with Crippen molar-refractivity contribution in [3.63, 3.8) is 0 Å². The van der Waals surface area contributed by atoms with E-state index in [1.54, 1.807) is 18.5 Å². The second-order valence-corrected chi connectivity index (χ2v) is 6.67. The summed E-state index contributed by atoms with van der Waals surface area (Å²) < 4.78 is 0. The fourth-order valence-corrected chi connectivity index (χ4v) is 2.32. The van der Waals surface area contributed by atoms with E-state index in [4.69, 9.17) is 0 Å². The zero-order valence-electron chi connectivity index (χ0n) is 14.1. The Morgan fingerprint density at radius 2 is 1.74 bits per heavy atom. The van der Waals surface area contributed by atoms with Gasteiger partial charge in [-0.15, -0.1) is 0 Å². The van der Waals surface area contributed by atoms with Crippen LogP contribution in [0.3, 0.4) is 0 Å². The molecule has 2 heterocycles. The standard InChI is InChI=1S/C16H25N5O2/c1-16(2,3)14(23)17-8-5-13(22)20-9-11-21(12-10-20)15-18-6-4-7-19-15/h4,6-7H,5,8-12H2,1-3H3,(H,17,23). The quantitative estimate of drug-likeness (QED) is 0.883. The van der Waals surface area contributed by atoms with Gasteiger partial charge in [0.25, 0.3) is 0 Å². The molecule has 7 heteroatoms. The van der Waals surface area contributed by atoms with Gasteiger partial charge in [0, 0.05) is 57.0 Å². The van der Waals surface area contributed by atoms with Crippen LogP contribution < -0.4 is 10.2 Å². The van der Waals surface area contributed by atoms with Crippen molar-refractivity contribution in [1.82, 2.24) is 20.2 Å². The molecular formula is C16H25N5O2. The maximum atomic E-state index is 12.2. The van der Waals surface area contributed by atoms with Crippen molar-refractivity contribution in [1.29, 1.82) is 0 Å². The first kappa shape index (κ1) is 17.2. The topological polar surface area (TPSA) is 78.4 Å². The van der Waals surface area contributed by atoms with Gasteiger partial charge < -0.3 is 15.1 Å². The van der Waals surface area contributed by atoms with Gasteiger partial charge in [0.15, 0.2) is 0 Å². The highest BCUT2D eigenvalue weighted by Crippen LogP contribution is 2.13. The minimum absolute atomic E-state index is 0.0312. The van der Waals surface area contributed by atoms with E-state index in [-0.39, 0.29) is 11.8 Å². The van der Waals surface area contributed by atoms with Crippen molar-refractivity contribution in [3.8, 4) is 0 Å². The molecule has 2 amide bonds. The summed E-state index contributed by atoms with van der Waals surface area (Å²) in [6.07, 6.45) is 3.78. The average molecular weight is 319 g/mol. The fourth-order valence-electron chi connectivity index (χ4n) is 2.32. The Hall–Kier alpha value is -2.18. The summed E-state index contributed by atoms with van der Waals surface area (Å²) in [5, 5.41) is 2.81. The van der Waals surface area contributed by atoms with Crippen molar-refractivity contribution in [2.45, 2.75) is 27.2 Å². The van der Waals surface area contributed by atoms with Gasteiger partial charge in [-0.3, -0.25) is 9.59 Å². The molecule has 23 heavy (non-hydrogen) atoms. The molecule has 1 N–H and O–H groups in total. The molecule has 1 saturated heterocycles. The number of piperazine rings is 1. The Morgan fingerprint density at radius 3 is 2.30 bits per heavy atom. The lowest BCUT2D eigenvalue weighted by atomic mass is 9.96. The lowest BCUT2D eigenvalue weighted by molar-refractivity contribution is -0.132. The Kier molecular flexibility index (Phi) is 5.52. The molecule has 1 aliphatic heterocycles. The lowest BCUT2D eigenvalue weighted by Gasteiger charge is -2.34. The molecule has 0 spiro atoms. The molecule has 1 fully saturated rings. The third-order valence-corrected chi connectivity index (χ3v) is 3.77. The first-order chi connectivity index (χ1) is 10.9. The van der Waals surface area contributed by atoms with Crippen molar-refractivity contribution >= 4 is 17.8 Å². The number of hydrogen-bond donors (Lipinski definition) is 1. The molecule has 1 aromatic rings. The smallest absolute Gasteiger partial charge is 0.225 e. The van der Waals surface area contributed by atoms with Crippen molar-refractivity contribution in [2.75, 3.05) is 37.6 Å². The van der Waals surface area contributed by atoms with E-state index in [0.29, 0.717) is 32.0 Å². The number of hydrogen-bond acceptors (Lipinski definition) is 5. The summed E-state index contributed by atoms with van der Waals surface area (Å²) in [5.41, 5.74) is -0.426. The van der Waals surface area contributed by atoms with Crippen molar-refractivity contribution in [2.24, 2.45) is 5.41 Å². The minimum Gasteiger partial charge on any atom is -0.355 e. The molecule has 2 rings (SSSR count). The highest BCUT2D eigenvalue weighted by Gasteiger charge is 2.23. The molecular weight excluding hydrogens is 294 g/mol. The molecule has 1 aromatic heterocycles. The maximum Gasteiger partial charge on any atom is 0.225 e. The van der Waals surface area contributed by atoms with Gasteiger partial charge in [0.1, 0.15) is 0 Å². The summed E-state index contributed by atoms with van der Waals surface area (Å²) >= 11 is 0. The summed E-state index contributed by atoms with van der Waals surface area (Å²) in [5.74, 6) is 0.751. The SMILES string of the molecule is CC(C)(C)C(=O)NCCC(=O)N1CCN(c2ncccn2)CC1. The van der Waals surface area contributed by atoms with Crippen LogP contribution in [0.5, 0.6) is 0 Å². The van der Waals surface area contributed by atoms with Crippen LogP contribution in [0, 0.1) is 5.41 Å². The Balaban J connectivity index is 1.73. The normalized spacial score (nSPS) is 15.4. The van der Waals surface area contributed by atoms with E-state index in [1.807, 2.05) is 25.7 Å². The van der Waals surface area contributed by atoms with Gasteiger partial charge >= 0.3 is 0 Å². The van der Waals surface area contributed by atoms with E-state index in [0.717, 1.165) is 13.1 Å². The largest absolute Gasteiger partial charge is 0.355 e. The number of nitrogens with zero attached hydrogens (tertiary/aromatic N) is 4. The lowest BCUT2D eigenvalue weighted by Crippen LogP contribution is -2.49. The Morgan fingerprint density at radius 1 is 1.13 bits per heavy atom. The van der Waals surface area contributed by atoms with Crippen molar-refractivity contribution in [3.05, 3.63) is 18.5 Å². The van der Waals surface area contributed by atoms with Crippen LogP contribution in [0.15, 0.2) is 18.5 Å². The van der Waals surface area contributed by atoms with Crippen LogP contribution in [0.2, 0.25) is 0 Å². The molecule has 0 radical (unpaired) electrons. The van der Waals surface area contributed by atoms with Crippen molar-refractivity contribution < 1.29 is 9.59 Å². The van der Waals surface area contributed by atoms with Gasteiger partial charge in [0.05, 0.1) is 0 Å². The number of nitrogens with one attached hydrogen (secondary N) is 1. The molecule has 7 nitrogen and oxygen atoms in total. The molecule has 0 bridgehead atoms. The number of aromatic nitrogens is 2. The molecule has 0 aliphatic carbocycles. The number of anilines is 1. The van der Waals surface area contributed by atoms with Crippen LogP contribution in [0.4, 0.5) is 5.95 Å². The van der Waals surface area contributed by atoms with E-state index in [1.165, 1.54) is 0 Å². The second kappa shape index (κ2) is 7.39. The summed E-state index contributed by atoms with van der Waals surface area (Å²) in [6, 6.07) is 1.79. The highest BCUT2D eigenvalue weighted by molar-refractivity contribution is 5.82. The van der Waals surface area contributed by atoms with Crippen LogP contribution in [0.25, 0.3) is 0 Å². The van der Waals surface area contributed by atoms with Gasteiger partial charge in [-0.25, -0.2) is 9.97 Å². The monoisotopic (exact) mass is 319 g/mol. The van der Waals surface area contributed by atoms with E-state index in [9.17, 15) is 9.59 Å². The van der Waals surface area contributed by atoms with Gasteiger partial charge in [-0.1, -0.05) is 20.8 Å². The Bertz CT molecular complexity index is 533. The van der Waals surface area contributed by atoms with Crippen LogP contribution in [0.1, 0.15) is 27.2 Å². The van der Waals surface area contributed by atoms with E-state index < -0.39 is 5.41 Å². The second-order valence-electron chi connectivity index (χ2n) is 6.67. The molecule has 126 valence electrons. The first-order valence-electron chi connectivity index (χ1n) is 7.96.